The van der Waals surface area contributed by atoms with Crippen molar-refractivity contribution in [2.75, 3.05) is 0 Å². The Morgan fingerprint density at radius 3 is 2.26 bits per heavy atom. The van der Waals surface area contributed by atoms with Gasteiger partial charge in [0.15, 0.2) is 0 Å². The monoisotopic (exact) mass is 522 g/mol. The van der Waals surface area contributed by atoms with Gasteiger partial charge in [-0.25, -0.2) is 5.57 Å². The summed E-state index contributed by atoms with van der Waals surface area (Å²) in [5.74, 6) is 0.522. The Labute approximate surface area is 222 Å². The van der Waals surface area contributed by atoms with Crippen LogP contribution >= 0.6 is 0 Å². The Balaban J connectivity index is 0.000000146. The second kappa shape index (κ2) is 12.0. The number of benzene rings is 3. The first kappa shape index (κ1) is 26.5. The van der Waals surface area contributed by atoms with Gasteiger partial charge >= 0.3 is 70.3 Å². The molecule has 0 spiro atoms. The van der Waals surface area contributed by atoms with Crippen molar-refractivity contribution in [1.82, 2.24) is 0 Å². The molecule has 172 valence electrons. The first-order chi connectivity index (χ1) is 16.2. The summed E-state index contributed by atoms with van der Waals surface area (Å²) in [5, 5.41) is 0. The maximum atomic E-state index is 3.48. The van der Waals surface area contributed by atoms with Gasteiger partial charge in [-0.2, -0.15) is 41.5 Å². The quantitative estimate of drug-likeness (QED) is 0.231. The first-order valence-corrected chi connectivity index (χ1v) is 13.6. The number of fused-ring (bicyclic) bond motifs is 3. The van der Waals surface area contributed by atoms with Gasteiger partial charge in [-0.05, 0) is 6.42 Å². The number of hydrogen-bond acceptors (Lipinski definition) is 0. The number of aryl methyl sites for hydroxylation is 1. The minimum atomic E-state index is 0.295. The maximum Gasteiger partial charge on any atom is -0.0253 e. The Kier molecular flexibility index (Phi) is 9.38. The van der Waals surface area contributed by atoms with Gasteiger partial charge in [0.25, 0.3) is 0 Å². The fourth-order valence-corrected chi connectivity index (χ4v) is 4.87. The van der Waals surface area contributed by atoms with Gasteiger partial charge in [0.05, 0.1) is 0 Å². The number of rotatable bonds is 2. The molecule has 0 heterocycles. The zero-order chi connectivity index (χ0) is 24.7. The summed E-state index contributed by atoms with van der Waals surface area (Å²) in [6, 6.07) is 26.7. The van der Waals surface area contributed by atoms with Crippen LogP contribution in [0.25, 0.3) is 11.1 Å². The molecule has 1 heteroatoms. The minimum absolute atomic E-state index is 0.295. The molecule has 0 N–H and O–H groups in total. The van der Waals surface area contributed by atoms with Crippen molar-refractivity contribution < 1.29 is 24.2 Å². The second-order valence-corrected chi connectivity index (χ2v) is 10.8. The molecule has 0 amide bonds. The zero-order valence-electron chi connectivity index (χ0n) is 21.5. The molecular weight excluding hydrogens is 488 g/mol. The molecule has 1 unspecified atom stereocenters. The molecule has 2 aliphatic rings. The summed E-state index contributed by atoms with van der Waals surface area (Å²) >= 11 is 1.47. The van der Waals surface area contributed by atoms with Crippen molar-refractivity contribution in [1.29, 1.82) is 0 Å². The molecule has 5 rings (SSSR count). The van der Waals surface area contributed by atoms with Crippen LogP contribution in [0.15, 0.2) is 84.0 Å². The van der Waals surface area contributed by atoms with Gasteiger partial charge in [0, 0.05) is 0 Å². The molecule has 0 bridgehead atoms. The van der Waals surface area contributed by atoms with Crippen molar-refractivity contribution in [2.45, 2.75) is 54.4 Å². The van der Waals surface area contributed by atoms with Crippen LogP contribution in [-0.2, 0) is 30.7 Å². The SMILES string of the molecule is CCC1=[C-]C(C)C=C1C(C)(C)C.Cc1ccc([CH]=[Zr+2])cc1.[c-]1cccc2c1Cc1ccccc1-2. The largest absolute Gasteiger partial charge is 0.179 e. The fourth-order valence-electron chi connectivity index (χ4n) is 4.40. The molecule has 0 aliphatic heterocycles. The van der Waals surface area contributed by atoms with Crippen LogP contribution < -0.4 is 0 Å². The summed E-state index contributed by atoms with van der Waals surface area (Å²) in [6.45, 7) is 13.3. The summed E-state index contributed by atoms with van der Waals surface area (Å²) in [7, 11) is 0. The molecule has 0 saturated carbocycles. The predicted octanol–water partition coefficient (Wildman–Crippen LogP) is 8.50. The summed E-state index contributed by atoms with van der Waals surface area (Å²) in [4.78, 5) is 0. The van der Waals surface area contributed by atoms with Gasteiger partial charge in [0.1, 0.15) is 0 Å². The van der Waals surface area contributed by atoms with Crippen LogP contribution in [0.1, 0.15) is 63.3 Å². The van der Waals surface area contributed by atoms with E-state index in [1.807, 2.05) is 6.07 Å². The van der Waals surface area contributed by atoms with E-state index in [1.54, 1.807) is 0 Å². The van der Waals surface area contributed by atoms with Crippen molar-refractivity contribution in [3.8, 4) is 11.1 Å². The van der Waals surface area contributed by atoms with E-state index in [0.717, 1.165) is 12.8 Å². The van der Waals surface area contributed by atoms with Crippen molar-refractivity contribution >= 4 is 3.71 Å². The molecule has 0 nitrogen and oxygen atoms in total. The Hall–Kier alpha value is -2.11. The maximum absolute atomic E-state index is 3.48. The van der Waals surface area contributed by atoms with E-state index >= 15 is 0 Å². The molecule has 0 aromatic heterocycles. The third-order valence-electron chi connectivity index (χ3n) is 6.17. The van der Waals surface area contributed by atoms with Crippen LogP contribution in [-0.4, -0.2) is 3.71 Å². The number of allylic oxidation sites excluding steroid dienone is 4. The molecule has 0 fully saturated rings. The van der Waals surface area contributed by atoms with Crippen LogP contribution in [0.5, 0.6) is 0 Å². The van der Waals surface area contributed by atoms with E-state index in [4.69, 9.17) is 0 Å². The molecule has 1 atom stereocenters. The standard InChI is InChI=1S/C13H9.C12H19.C8H8.Zr/c1-3-7-12-10(5-1)9-11-6-2-4-8-13(11)12;1-6-10-7-9(2)8-11(10)12(3,4)5;1-7-3-5-8(2)6-4-7;/h1-5,7-8H,9H2;8-9H,6H2,1-5H3;1,3-6H,2H3;/q2*-1;;+2. The Morgan fingerprint density at radius 1 is 0.971 bits per heavy atom. The van der Waals surface area contributed by atoms with Crippen LogP contribution in [0.4, 0.5) is 0 Å². The van der Waals surface area contributed by atoms with Gasteiger partial charge in [-0.15, -0.1) is 5.56 Å². The summed E-state index contributed by atoms with van der Waals surface area (Å²) in [6.07, 6.45) is 8.00. The third-order valence-corrected chi connectivity index (χ3v) is 6.99. The molecule has 34 heavy (non-hydrogen) atoms. The van der Waals surface area contributed by atoms with E-state index in [1.165, 1.54) is 68.8 Å². The third kappa shape index (κ3) is 6.96. The normalized spacial score (nSPS) is 15.6. The first-order valence-electron chi connectivity index (χ1n) is 12.2. The minimum Gasteiger partial charge on any atom is -0.179 e. The fraction of sp³-hybridized carbons (Fsp3) is 0.303. The zero-order valence-corrected chi connectivity index (χ0v) is 24.0. The van der Waals surface area contributed by atoms with Crippen LogP contribution in [0.3, 0.4) is 0 Å². The number of hydrogen-bond donors (Lipinski definition) is 0. The van der Waals surface area contributed by atoms with E-state index in [9.17, 15) is 0 Å². The van der Waals surface area contributed by atoms with Gasteiger partial charge in [0.2, 0.25) is 0 Å². The van der Waals surface area contributed by atoms with Crippen LogP contribution in [0, 0.1) is 30.4 Å². The molecule has 3 aromatic rings. The van der Waals surface area contributed by atoms with E-state index in [0.29, 0.717) is 11.3 Å². The predicted molar refractivity (Wildman–Crippen MR) is 144 cm³/mol. The van der Waals surface area contributed by atoms with E-state index < -0.39 is 0 Å². The van der Waals surface area contributed by atoms with Gasteiger partial charge < -0.3 is 0 Å². The average molecular weight is 524 g/mol. The van der Waals surface area contributed by atoms with Crippen molar-refractivity contribution in [3.63, 3.8) is 0 Å². The van der Waals surface area contributed by atoms with Gasteiger partial charge in [-0.3, -0.25) is 6.08 Å². The van der Waals surface area contributed by atoms with E-state index in [2.05, 4.69) is 124 Å². The second-order valence-electron chi connectivity index (χ2n) is 10.0. The van der Waals surface area contributed by atoms with Crippen LogP contribution in [0.2, 0.25) is 0 Å². The summed E-state index contributed by atoms with van der Waals surface area (Å²) < 4.78 is 2.19. The topological polar surface area (TPSA) is 0 Å². The van der Waals surface area contributed by atoms with Crippen molar-refractivity contribution in [3.05, 3.63) is 118 Å². The Morgan fingerprint density at radius 2 is 1.65 bits per heavy atom. The molecule has 0 saturated heterocycles. The summed E-state index contributed by atoms with van der Waals surface area (Å²) in [5.41, 5.74) is 11.4. The smallest absolute Gasteiger partial charge is 0.0253 e. The molecule has 3 aromatic carbocycles. The molecule has 2 aliphatic carbocycles. The van der Waals surface area contributed by atoms with E-state index in [-0.39, 0.29) is 0 Å². The van der Waals surface area contributed by atoms with Gasteiger partial charge in [-0.1, -0.05) is 87.8 Å². The molecule has 0 radical (unpaired) electrons. The van der Waals surface area contributed by atoms with Crippen molar-refractivity contribution in [2.24, 2.45) is 11.3 Å². The molecular formula is C33H36Zr. The Bertz CT molecular complexity index is 1130. The average Bonchev–Trinajstić information content (AvgIpc) is 3.41.